The topological polar surface area (TPSA) is 47.1 Å². The Morgan fingerprint density at radius 2 is 1.89 bits per heavy atom. The lowest BCUT2D eigenvalue weighted by Gasteiger charge is -2.14. The van der Waals surface area contributed by atoms with Gasteiger partial charge >= 0.3 is 0 Å². The summed E-state index contributed by atoms with van der Waals surface area (Å²) in [4.78, 5) is 1.51. The highest BCUT2D eigenvalue weighted by atomic mass is 19.2. The maximum absolute atomic E-state index is 13.6. The van der Waals surface area contributed by atoms with Gasteiger partial charge in [-0.1, -0.05) is 0 Å². The SMILES string of the molecule is CN(C)c1cc(-c2cc(N)n(C)n2)cc(F)c1F. The first-order valence-corrected chi connectivity index (χ1v) is 5.36. The van der Waals surface area contributed by atoms with Crippen LogP contribution < -0.4 is 10.6 Å². The second-order valence-electron chi connectivity index (χ2n) is 4.26. The van der Waals surface area contributed by atoms with E-state index < -0.39 is 11.6 Å². The number of nitrogen functional groups attached to an aromatic ring is 1. The van der Waals surface area contributed by atoms with Crippen LogP contribution in [0.25, 0.3) is 11.3 Å². The molecule has 0 radical (unpaired) electrons. The highest BCUT2D eigenvalue weighted by Gasteiger charge is 2.15. The summed E-state index contributed by atoms with van der Waals surface area (Å²) in [5.41, 5.74) is 6.84. The lowest BCUT2D eigenvalue weighted by atomic mass is 10.1. The summed E-state index contributed by atoms with van der Waals surface area (Å²) >= 11 is 0. The van der Waals surface area contributed by atoms with Crippen molar-refractivity contribution >= 4 is 11.5 Å². The van der Waals surface area contributed by atoms with E-state index in [-0.39, 0.29) is 5.69 Å². The van der Waals surface area contributed by atoms with Gasteiger partial charge < -0.3 is 10.6 Å². The minimum Gasteiger partial charge on any atom is -0.384 e. The van der Waals surface area contributed by atoms with Crippen LogP contribution in [-0.4, -0.2) is 23.9 Å². The molecule has 0 aliphatic heterocycles. The Morgan fingerprint density at radius 3 is 2.39 bits per heavy atom. The van der Waals surface area contributed by atoms with Crippen molar-refractivity contribution in [3.63, 3.8) is 0 Å². The number of benzene rings is 1. The number of hydrogen-bond acceptors (Lipinski definition) is 3. The molecule has 0 aliphatic rings. The number of nitrogens with two attached hydrogens (primary N) is 1. The third-order valence-corrected chi connectivity index (χ3v) is 2.70. The van der Waals surface area contributed by atoms with Gasteiger partial charge in [-0.05, 0) is 12.1 Å². The summed E-state index contributed by atoms with van der Waals surface area (Å²) in [7, 11) is 4.98. The van der Waals surface area contributed by atoms with Crippen LogP contribution in [0.4, 0.5) is 20.3 Å². The molecule has 2 N–H and O–H groups in total. The fraction of sp³-hybridized carbons (Fsp3) is 0.250. The molecule has 0 saturated carbocycles. The monoisotopic (exact) mass is 252 g/mol. The first-order chi connectivity index (χ1) is 8.40. The quantitative estimate of drug-likeness (QED) is 0.889. The Labute approximate surface area is 104 Å². The van der Waals surface area contributed by atoms with Crippen LogP contribution in [0, 0.1) is 11.6 Å². The van der Waals surface area contributed by atoms with Crippen molar-refractivity contribution in [2.24, 2.45) is 7.05 Å². The Morgan fingerprint density at radius 1 is 1.22 bits per heavy atom. The largest absolute Gasteiger partial charge is 0.384 e. The third-order valence-electron chi connectivity index (χ3n) is 2.70. The van der Waals surface area contributed by atoms with E-state index in [0.29, 0.717) is 17.1 Å². The summed E-state index contributed by atoms with van der Waals surface area (Å²) in [5, 5.41) is 4.14. The van der Waals surface area contributed by atoms with Gasteiger partial charge in [0.05, 0.1) is 11.4 Å². The Balaban J connectivity index is 2.58. The maximum Gasteiger partial charge on any atom is 0.182 e. The summed E-state index contributed by atoms with van der Waals surface area (Å²) < 4.78 is 28.6. The van der Waals surface area contributed by atoms with Gasteiger partial charge in [0.25, 0.3) is 0 Å². The number of hydrogen-bond donors (Lipinski definition) is 1. The summed E-state index contributed by atoms with van der Waals surface area (Å²) in [6, 6.07) is 4.27. The Bertz CT molecular complexity index is 571. The van der Waals surface area contributed by atoms with Crippen LogP contribution in [0.15, 0.2) is 18.2 Å². The van der Waals surface area contributed by atoms with Crippen molar-refractivity contribution in [1.29, 1.82) is 0 Å². The molecule has 1 heterocycles. The zero-order valence-electron chi connectivity index (χ0n) is 10.4. The molecule has 2 rings (SSSR count). The van der Waals surface area contributed by atoms with Crippen molar-refractivity contribution in [3.05, 3.63) is 29.8 Å². The predicted molar refractivity (Wildman–Crippen MR) is 67.3 cm³/mol. The molecular formula is C12H14F2N4. The van der Waals surface area contributed by atoms with Gasteiger partial charge in [0, 0.05) is 32.8 Å². The number of anilines is 2. The molecule has 0 spiro atoms. The molecular weight excluding hydrogens is 238 g/mol. The van der Waals surface area contributed by atoms with E-state index in [1.165, 1.54) is 9.58 Å². The van der Waals surface area contributed by atoms with Crippen LogP contribution in [0.3, 0.4) is 0 Å². The van der Waals surface area contributed by atoms with E-state index in [0.717, 1.165) is 6.07 Å². The smallest absolute Gasteiger partial charge is 0.182 e. The molecule has 0 saturated heterocycles. The summed E-state index contributed by atoms with van der Waals surface area (Å²) in [6.07, 6.45) is 0. The zero-order valence-corrected chi connectivity index (χ0v) is 10.4. The molecule has 0 fully saturated rings. The van der Waals surface area contributed by atoms with E-state index in [1.807, 2.05) is 0 Å². The third kappa shape index (κ3) is 2.01. The van der Waals surface area contributed by atoms with E-state index in [1.54, 1.807) is 33.3 Å². The van der Waals surface area contributed by atoms with Crippen LogP contribution in [0.2, 0.25) is 0 Å². The molecule has 96 valence electrons. The van der Waals surface area contributed by atoms with Gasteiger partial charge in [-0.25, -0.2) is 8.78 Å². The summed E-state index contributed by atoms with van der Waals surface area (Å²) in [6.45, 7) is 0. The molecule has 0 unspecified atom stereocenters. The number of rotatable bonds is 2. The molecule has 4 nitrogen and oxygen atoms in total. The van der Waals surface area contributed by atoms with Crippen LogP contribution >= 0.6 is 0 Å². The number of nitrogens with zero attached hydrogens (tertiary/aromatic N) is 3. The molecule has 1 aromatic carbocycles. The van der Waals surface area contributed by atoms with E-state index in [4.69, 9.17) is 5.73 Å². The van der Waals surface area contributed by atoms with Crippen molar-refractivity contribution in [2.75, 3.05) is 24.7 Å². The number of halogens is 2. The van der Waals surface area contributed by atoms with E-state index >= 15 is 0 Å². The van der Waals surface area contributed by atoms with Gasteiger partial charge in [-0.15, -0.1) is 0 Å². The molecule has 18 heavy (non-hydrogen) atoms. The second kappa shape index (κ2) is 4.29. The van der Waals surface area contributed by atoms with Crippen molar-refractivity contribution in [3.8, 4) is 11.3 Å². The predicted octanol–water partition coefficient (Wildman–Crippen LogP) is 2.01. The van der Waals surface area contributed by atoms with Gasteiger partial charge in [0.15, 0.2) is 11.6 Å². The van der Waals surface area contributed by atoms with Gasteiger partial charge in [-0.2, -0.15) is 5.10 Å². The highest BCUT2D eigenvalue weighted by molar-refractivity contribution is 5.68. The Hall–Kier alpha value is -2.11. The van der Waals surface area contributed by atoms with Gasteiger partial charge in [0.2, 0.25) is 0 Å². The molecule has 1 aromatic heterocycles. The van der Waals surface area contributed by atoms with E-state index in [2.05, 4.69) is 5.10 Å². The lowest BCUT2D eigenvalue weighted by Crippen LogP contribution is -2.11. The van der Waals surface area contributed by atoms with Crippen LogP contribution in [-0.2, 0) is 7.05 Å². The first-order valence-electron chi connectivity index (χ1n) is 5.36. The number of aromatic nitrogens is 2. The number of aryl methyl sites for hydroxylation is 1. The van der Waals surface area contributed by atoms with Crippen molar-refractivity contribution in [2.45, 2.75) is 0 Å². The fourth-order valence-corrected chi connectivity index (χ4v) is 1.67. The zero-order chi connectivity index (χ0) is 13.4. The van der Waals surface area contributed by atoms with Gasteiger partial charge in [0.1, 0.15) is 5.82 Å². The van der Waals surface area contributed by atoms with E-state index in [9.17, 15) is 8.78 Å². The molecule has 2 aromatic rings. The standard InChI is InChI=1S/C12H14F2N4/c1-17(2)10-5-7(4-8(13)12(10)14)9-6-11(15)18(3)16-9/h4-6H,15H2,1-3H3. The molecule has 0 amide bonds. The molecule has 0 aliphatic carbocycles. The minimum absolute atomic E-state index is 0.175. The van der Waals surface area contributed by atoms with Crippen LogP contribution in [0.1, 0.15) is 0 Å². The maximum atomic E-state index is 13.6. The molecule has 0 bridgehead atoms. The van der Waals surface area contributed by atoms with Crippen LogP contribution in [0.5, 0.6) is 0 Å². The fourth-order valence-electron chi connectivity index (χ4n) is 1.67. The van der Waals surface area contributed by atoms with Crippen molar-refractivity contribution < 1.29 is 8.78 Å². The first kappa shape index (κ1) is 12.3. The summed E-state index contributed by atoms with van der Waals surface area (Å²) in [5.74, 6) is -1.31. The average molecular weight is 252 g/mol. The lowest BCUT2D eigenvalue weighted by molar-refractivity contribution is 0.509. The highest BCUT2D eigenvalue weighted by Crippen LogP contribution is 2.28. The normalized spacial score (nSPS) is 10.7. The second-order valence-corrected chi connectivity index (χ2v) is 4.26. The minimum atomic E-state index is -0.902. The average Bonchev–Trinajstić information content (AvgIpc) is 2.62. The van der Waals surface area contributed by atoms with Gasteiger partial charge in [-0.3, -0.25) is 4.68 Å². The Kier molecular flexibility index (Phi) is 2.94. The molecule has 0 atom stereocenters. The van der Waals surface area contributed by atoms with Crippen molar-refractivity contribution in [1.82, 2.24) is 9.78 Å². The molecule has 6 heteroatoms.